The van der Waals surface area contributed by atoms with Crippen molar-refractivity contribution in [1.29, 1.82) is 10.8 Å². The number of amides is 1. The van der Waals surface area contributed by atoms with Crippen molar-refractivity contribution in [2.75, 3.05) is 26.2 Å². The molecule has 2 fully saturated rings. The molecule has 1 saturated heterocycles. The highest BCUT2D eigenvalue weighted by atomic mass is 32.2. The lowest BCUT2D eigenvalue weighted by Crippen LogP contribution is -2.57. The highest BCUT2D eigenvalue weighted by Crippen LogP contribution is 2.33. The van der Waals surface area contributed by atoms with Gasteiger partial charge in [0.05, 0.1) is 4.90 Å². The fraction of sp³-hybridized carbons (Fsp3) is 0.444. The van der Waals surface area contributed by atoms with Gasteiger partial charge < -0.3 is 21.3 Å². The lowest BCUT2D eigenvalue weighted by molar-refractivity contribution is -0.134. The Morgan fingerprint density at radius 2 is 1.58 bits per heavy atom. The van der Waals surface area contributed by atoms with Crippen molar-refractivity contribution in [3.05, 3.63) is 65.2 Å². The summed E-state index contributed by atoms with van der Waals surface area (Å²) in [5.74, 6) is -0.0327. The van der Waals surface area contributed by atoms with Crippen LogP contribution >= 0.6 is 0 Å². The zero-order valence-electron chi connectivity index (χ0n) is 21.5. The predicted molar refractivity (Wildman–Crippen MR) is 148 cm³/mol. The van der Waals surface area contributed by atoms with Gasteiger partial charge in [0.2, 0.25) is 15.9 Å². The lowest BCUT2D eigenvalue weighted by atomic mass is 9.84. The Balaban J connectivity index is 1.55. The molecule has 1 heterocycles. The van der Waals surface area contributed by atoms with Gasteiger partial charge in [-0.05, 0) is 54.5 Å². The van der Waals surface area contributed by atoms with Crippen molar-refractivity contribution in [3.63, 3.8) is 0 Å². The number of nitrogen functional groups attached to an aromatic ring is 1. The second-order valence-corrected chi connectivity index (χ2v) is 11.8. The molecule has 204 valence electrons. The minimum absolute atomic E-state index is 0.0490. The van der Waals surface area contributed by atoms with Crippen LogP contribution in [-0.2, 0) is 21.2 Å². The molecular formula is C27H37N7O3S. The third-order valence-electron chi connectivity index (χ3n) is 7.47. The van der Waals surface area contributed by atoms with Crippen LogP contribution in [0.25, 0.3) is 0 Å². The molecule has 10 nitrogen and oxygen atoms in total. The van der Waals surface area contributed by atoms with E-state index in [4.69, 9.17) is 22.3 Å². The number of nitrogens with zero attached hydrogens (tertiary/aromatic N) is 2. The number of benzene rings is 2. The van der Waals surface area contributed by atoms with E-state index in [1.165, 1.54) is 19.3 Å². The second kappa shape index (κ2) is 12.0. The Hall–Kier alpha value is -3.44. The van der Waals surface area contributed by atoms with Gasteiger partial charge in [0.15, 0.2) is 5.96 Å². The first kappa shape index (κ1) is 27.6. The Morgan fingerprint density at radius 1 is 0.947 bits per heavy atom. The van der Waals surface area contributed by atoms with Gasteiger partial charge in [-0.3, -0.25) is 15.6 Å². The Bertz CT molecular complexity index is 1270. The van der Waals surface area contributed by atoms with Gasteiger partial charge >= 0.3 is 0 Å². The van der Waals surface area contributed by atoms with Gasteiger partial charge in [-0.25, -0.2) is 8.42 Å². The smallest absolute Gasteiger partial charge is 0.241 e. The van der Waals surface area contributed by atoms with Crippen LogP contribution in [-0.4, -0.2) is 68.1 Å². The number of guanidine groups is 1. The number of amidine groups is 1. The Labute approximate surface area is 224 Å². The van der Waals surface area contributed by atoms with Gasteiger partial charge in [0.25, 0.3) is 0 Å². The summed E-state index contributed by atoms with van der Waals surface area (Å²) in [6.07, 6.45) is 5.99. The Kier molecular flexibility index (Phi) is 8.68. The van der Waals surface area contributed by atoms with E-state index in [1.807, 2.05) is 12.1 Å². The number of carbonyl (C=O) groups is 1. The summed E-state index contributed by atoms with van der Waals surface area (Å²) >= 11 is 0. The van der Waals surface area contributed by atoms with E-state index < -0.39 is 16.1 Å². The van der Waals surface area contributed by atoms with E-state index >= 15 is 0 Å². The molecule has 0 bridgehead atoms. The van der Waals surface area contributed by atoms with Crippen molar-refractivity contribution in [1.82, 2.24) is 14.5 Å². The van der Waals surface area contributed by atoms with Crippen LogP contribution in [0.3, 0.4) is 0 Å². The third kappa shape index (κ3) is 6.70. The van der Waals surface area contributed by atoms with Gasteiger partial charge in [-0.1, -0.05) is 49.6 Å². The number of hydrogen-bond acceptors (Lipinski definition) is 5. The summed E-state index contributed by atoms with van der Waals surface area (Å²) in [7, 11) is -3.99. The maximum Gasteiger partial charge on any atom is 0.241 e. The molecule has 1 saturated carbocycles. The largest absolute Gasteiger partial charge is 0.384 e. The average molecular weight is 540 g/mol. The standard InChI is InChI=1S/C27H37N7O3S/c28-25(29)22-8-4-5-19(17-22)18-24(26(35)33-13-15-34(16-14-33)27(30)31)32-38(36,37)23-11-9-21(10-12-23)20-6-2-1-3-7-20/h4-5,8-12,17,20,24,32H,1-3,6-7,13-16,18H2,(H3,28,29)(H3,30,31)/t24-/m0/s1. The molecular weight excluding hydrogens is 502 g/mol. The van der Waals surface area contributed by atoms with Crippen LogP contribution in [0.1, 0.15) is 54.7 Å². The van der Waals surface area contributed by atoms with E-state index in [0.717, 1.165) is 18.4 Å². The van der Waals surface area contributed by atoms with E-state index in [2.05, 4.69) is 4.72 Å². The number of sulfonamides is 1. The SMILES string of the molecule is N=C(N)c1cccc(C[C@H](NS(=O)(=O)c2ccc(C3CCCCC3)cc2)C(=O)N2CCN(C(=N)N)CC2)c1. The number of piperazine rings is 1. The van der Waals surface area contributed by atoms with Crippen molar-refractivity contribution in [2.45, 2.75) is 55.4 Å². The number of nitrogens with two attached hydrogens (primary N) is 2. The van der Waals surface area contributed by atoms with Gasteiger partial charge in [0.1, 0.15) is 11.9 Å². The average Bonchev–Trinajstić information content (AvgIpc) is 2.93. The molecule has 0 spiro atoms. The molecule has 0 unspecified atom stereocenters. The molecule has 7 N–H and O–H groups in total. The van der Waals surface area contributed by atoms with Crippen LogP contribution in [0.2, 0.25) is 0 Å². The van der Waals surface area contributed by atoms with Crippen LogP contribution in [0.4, 0.5) is 0 Å². The highest BCUT2D eigenvalue weighted by Gasteiger charge is 2.32. The topological polar surface area (TPSA) is 169 Å². The molecule has 1 atom stereocenters. The molecule has 4 rings (SSSR count). The zero-order chi connectivity index (χ0) is 27.3. The minimum Gasteiger partial charge on any atom is -0.384 e. The quantitative estimate of drug-likeness (QED) is 0.254. The summed E-state index contributed by atoms with van der Waals surface area (Å²) in [5, 5.41) is 15.3. The summed E-state index contributed by atoms with van der Waals surface area (Å²) in [6.45, 7) is 1.48. The van der Waals surface area contributed by atoms with Crippen molar-refractivity contribution in [3.8, 4) is 0 Å². The van der Waals surface area contributed by atoms with Crippen LogP contribution in [0.15, 0.2) is 53.4 Å². The lowest BCUT2D eigenvalue weighted by Gasteiger charge is -2.36. The Morgan fingerprint density at radius 3 is 2.18 bits per heavy atom. The molecule has 2 aliphatic rings. The molecule has 38 heavy (non-hydrogen) atoms. The first-order chi connectivity index (χ1) is 18.1. The molecule has 0 radical (unpaired) electrons. The number of nitrogens with one attached hydrogen (secondary N) is 3. The van der Waals surface area contributed by atoms with Crippen LogP contribution in [0.5, 0.6) is 0 Å². The summed E-state index contributed by atoms with van der Waals surface area (Å²) < 4.78 is 29.5. The van der Waals surface area contributed by atoms with Gasteiger partial charge in [0, 0.05) is 31.7 Å². The molecule has 11 heteroatoms. The van der Waals surface area contributed by atoms with Gasteiger partial charge in [-0.2, -0.15) is 4.72 Å². The summed E-state index contributed by atoms with van der Waals surface area (Å²) in [4.78, 5) is 17.0. The molecule has 2 aromatic carbocycles. The highest BCUT2D eigenvalue weighted by molar-refractivity contribution is 7.89. The molecule has 1 amide bonds. The van der Waals surface area contributed by atoms with Crippen molar-refractivity contribution >= 4 is 27.7 Å². The molecule has 1 aliphatic heterocycles. The van der Waals surface area contributed by atoms with Crippen molar-refractivity contribution in [2.24, 2.45) is 11.5 Å². The number of hydrogen-bond donors (Lipinski definition) is 5. The first-order valence-corrected chi connectivity index (χ1v) is 14.6. The van der Waals surface area contributed by atoms with Crippen LogP contribution in [0, 0.1) is 10.8 Å². The zero-order valence-corrected chi connectivity index (χ0v) is 22.3. The number of rotatable bonds is 8. The van der Waals surface area contributed by atoms with E-state index in [1.54, 1.807) is 46.2 Å². The maximum absolute atomic E-state index is 13.6. The predicted octanol–water partition coefficient (Wildman–Crippen LogP) is 1.95. The maximum atomic E-state index is 13.6. The number of carbonyl (C=O) groups excluding carboxylic acids is 1. The van der Waals surface area contributed by atoms with E-state index in [0.29, 0.717) is 43.2 Å². The monoisotopic (exact) mass is 539 g/mol. The van der Waals surface area contributed by atoms with Crippen molar-refractivity contribution < 1.29 is 13.2 Å². The van der Waals surface area contributed by atoms with Crippen LogP contribution < -0.4 is 16.2 Å². The third-order valence-corrected chi connectivity index (χ3v) is 8.96. The summed E-state index contributed by atoms with van der Waals surface area (Å²) in [5.41, 5.74) is 13.6. The second-order valence-electron chi connectivity index (χ2n) is 10.1. The fourth-order valence-electron chi connectivity index (χ4n) is 5.28. The summed E-state index contributed by atoms with van der Waals surface area (Å²) in [6, 6.07) is 12.9. The van der Waals surface area contributed by atoms with Gasteiger partial charge in [-0.15, -0.1) is 0 Å². The molecule has 0 aromatic heterocycles. The molecule has 2 aromatic rings. The minimum atomic E-state index is -3.99. The fourth-order valence-corrected chi connectivity index (χ4v) is 6.47. The molecule has 1 aliphatic carbocycles. The normalized spacial score (nSPS) is 17.7. The first-order valence-electron chi connectivity index (χ1n) is 13.1. The van der Waals surface area contributed by atoms with E-state index in [9.17, 15) is 13.2 Å². The van der Waals surface area contributed by atoms with E-state index in [-0.39, 0.29) is 29.0 Å².